The lowest BCUT2D eigenvalue weighted by Crippen LogP contribution is -2.32. The third-order valence-electron chi connectivity index (χ3n) is 3.65. The van der Waals surface area contributed by atoms with Gasteiger partial charge in [0, 0.05) is 11.3 Å². The van der Waals surface area contributed by atoms with Crippen molar-refractivity contribution in [2.24, 2.45) is 5.73 Å². The molecule has 0 saturated carbocycles. The first kappa shape index (κ1) is 15.0. The summed E-state index contributed by atoms with van der Waals surface area (Å²) in [7, 11) is 0. The van der Waals surface area contributed by atoms with Gasteiger partial charge < -0.3 is 15.8 Å². The van der Waals surface area contributed by atoms with Gasteiger partial charge in [-0.05, 0) is 29.8 Å². The Labute approximate surface area is 133 Å². The number of carbonyl (C=O) groups is 1. The van der Waals surface area contributed by atoms with Crippen LogP contribution in [0.2, 0.25) is 0 Å². The van der Waals surface area contributed by atoms with Crippen LogP contribution in [0.5, 0.6) is 5.75 Å². The molecule has 1 aromatic heterocycles. The summed E-state index contributed by atoms with van der Waals surface area (Å²) in [6.45, 7) is 4.39. The third kappa shape index (κ3) is 2.63. The number of hydrogen-bond acceptors (Lipinski definition) is 6. The largest absolute Gasteiger partial charge is 0.493 e. The van der Waals surface area contributed by atoms with Gasteiger partial charge in [0.2, 0.25) is 11.9 Å². The van der Waals surface area contributed by atoms with Crippen molar-refractivity contribution in [2.75, 3.05) is 11.9 Å². The van der Waals surface area contributed by atoms with E-state index in [1.54, 1.807) is 11.6 Å². The first-order chi connectivity index (χ1) is 11.1. The molecule has 0 aliphatic carbocycles. The van der Waals surface area contributed by atoms with Gasteiger partial charge in [-0.2, -0.15) is 4.68 Å². The highest BCUT2D eigenvalue weighted by atomic mass is 16.5. The minimum absolute atomic E-state index is 0.414. The maximum absolute atomic E-state index is 12.0. The number of primary amides is 1. The molecule has 0 radical (unpaired) electrons. The molecule has 3 N–H and O–H groups in total. The fourth-order valence-corrected chi connectivity index (χ4v) is 2.67. The second-order valence-corrected chi connectivity index (χ2v) is 5.26. The number of anilines is 1. The molecule has 120 valence electrons. The highest BCUT2D eigenvalue weighted by Gasteiger charge is 2.34. The number of rotatable bonds is 5. The summed E-state index contributed by atoms with van der Waals surface area (Å²) in [5.41, 5.74) is 7.45. The number of amides is 1. The van der Waals surface area contributed by atoms with Crippen molar-refractivity contribution in [1.29, 1.82) is 0 Å². The maximum Gasteiger partial charge on any atom is 0.248 e. The van der Waals surface area contributed by atoms with E-state index in [0.717, 1.165) is 12.0 Å². The van der Waals surface area contributed by atoms with Crippen molar-refractivity contribution in [3.63, 3.8) is 0 Å². The Bertz CT molecular complexity index is 767. The van der Waals surface area contributed by atoms with E-state index in [1.807, 2.05) is 31.2 Å². The number of hydrogen-bond donors (Lipinski definition) is 2. The minimum atomic E-state index is -0.522. The Morgan fingerprint density at radius 1 is 1.43 bits per heavy atom. The van der Waals surface area contributed by atoms with Crippen LogP contribution in [-0.4, -0.2) is 32.7 Å². The molecular formula is C15H18N6O2. The van der Waals surface area contributed by atoms with Gasteiger partial charge in [0.15, 0.2) is 0 Å². The van der Waals surface area contributed by atoms with Crippen LogP contribution in [0.25, 0.3) is 0 Å². The van der Waals surface area contributed by atoms with E-state index >= 15 is 0 Å². The van der Waals surface area contributed by atoms with Crippen molar-refractivity contribution >= 4 is 11.9 Å². The third-order valence-corrected chi connectivity index (χ3v) is 3.65. The molecule has 0 bridgehead atoms. The van der Waals surface area contributed by atoms with Gasteiger partial charge in [0.1, 0.15) is 11.8 Å². The molecule has 1 aromatic carbocycles. The first-order valence-electron chi connectivity index (χ1n) is 7.40. The maximum atomic E-state index is 12.0. The van der Waals surface area contributed by atoms with Gasteiger partial charge in [-0.3, -0.25) is 4.79 Å². The molecule has 1 unspecified atom stereocenters. The van der Waals surface area contributed by atoms with Crippen LogP contribution in [0.3, 0.4) is 0 Å². The van der Waals surface area contributed by atoms with Crippen molar-refractivity contribution in [3.05, 3.63) is 41.1 Å². The smallest absolute Gasteiger partial charge is 0.248 e. The van der Waals surface area contributed by atoms with Crippen LogP contribution in [-0.2, 0) is 4.79 Å². The highest BCUT2D eigenvalue weighted by molar-refractivity contribution is 5.95. The fourth-order valence-electron chi connectivity index (χ4n) is 2.67. The van der Waals surface area contributed by atoms with Crippen molar-refractivity contribution in [2.45, 2.75) is 26.3 Å². The quantitative estimate of drug-likeness (QED) is 0.859. The molecule has 23 heavy (non-hydrogen) atoms. The van der Waals surface area contributed by atoms with Gasteiger partial charge in [-0.1, -0.05) is 30.2 Å². The molecule has 0 fully saturated rings. The molecule has 0 spiro atoms. The van der Waals surface area contributed by atoms with E-state index in [1.165, 1.54) is 0 Å². The minimum Gasteiger partial charge on any atom is -0.493 e. The molecule has 3 rings (SSSR count). The van der Waals surface area contributed by atoms with Crippen molar-refractivity contribution < 1.29 is 9.53 Å². The van der Waals surface area contributed by atoms with Gasteiger partial charge in [0.25, 0.3) is 0 Å². The van der Waals surface area contributed by atoms with Gasteiger partial charge >= 0.3 is 0 Å². The lowest BCUT2D eigenvalue weighted by atomic mass is 9.94. The number of allylic oxidation sites excluding steroid dienone is 1. The summed E-state index contributed by atoms with van der Waals surface area (Å²) < 4.78 is 7.36. The topological polar surface area (TPSA) is 108 Å². The Morgan fingerprint density at radius 2 is 2.22 bits per heavy atom. The normalized spacial score (nSPS) is 16.7. The van der Waals surface area contributed by atoms with Crippen LogP contribution >= 0.6 is 0 Å². The van der Waals surface area contributed by atoms with E-state index < -0.39 is 11.9 Å². The molecular weight excluding hydrogens is 296 g/mol. The second kappa shape index (κ2) is 6.07. The zero-order valence-electron chi connectivity index (χ0n) is 13.0. The van der Waals surface area contributed by atoms with Crippen LogP contribution < -0.4 is 15.8 Å². The number of fused-ring (bicyclic) bond motifs is 1. The van der Waals surface area contributed by atoms with E-state index in [4.69, 9.17) is 10.5 Å². The zero-order valence-corrected chi connectivity index (χ0v) is 13.0. The Hall–Kier alpha value is -2.90. The molecule has 2 aromatic rings. The number of ether oxygens (including phenoxy) is 1. The molecule has 1 atom stereocenters. The molecule has 0 saturated heterocycles. The van der Waals surface area contributed by atoms with Crippen LogP contribution in [0.15, 0.2) is 35.5 Å². The predicted molar refractivity (Wildman–Crippen MR) is 83.7 cm³/mol. The second-order valence-electron chi connectivity index (χ2n) is 5.26. The number of carbonyl (C=O) groups excluding carboxylic acids is 1. The monoisotopic (exact) mass is 314 g/mol. The number of aromatic nitrogens is 4. The van der Waals surface area contributed by atoms with E-state index in [-0.39, 0.29) is 0 Å². The standard InChI is InChI=1S/C15H18N6O2/c1-3-8-23-11-7-5-4-6-10(11)13-12(14(16)22)9(2)17-15-18-19-20-21(13)15/h4-7,13H,3,8H2,1-2H3,(H2,16,22)(H,17,18,20). The first-order valence-corrected chi connectivity index (χ1v) is 7.40. The van der Waals surface area contributed by atoms with Gasteiger partial charge in [-0.25, -0.2) is 0 Å². The summed E-state index contributed by atoms with van der Waals surface area (Å²) in [6.07, 6.45) is 0.883. The number of nitrogens with two attached hydrogens (primary N) is 1. The molecule has 8 heteroatoms. The Kier molecular flexibility index (Phi) is 3.96. The summed E-state index contributed by atoms with van der Waals surface area (Å²) in [4.78, 5) is 12.0. The average molecular weight is 314 g/mol. The van der Waals surface area contributed by atoms with E-state index in [2.05, 4.69) is 20.8 Å². The highest BCUT2D eigenvalue weighted by Crippen LogP contribution is 2.38. The van der Waals surface area contributed by atoms with Crippen LogP contribution in [0.4, 0.5) is 5.95 Å². The summed E-state index contributed by atoms with van der Waals surface area (Å²) in [6, 6.07) is 7.00. The lowest BCUT2D eigenvalue weighted by Gasteiger charge is -2.28. The lowest BCUT2D eigenvalue weighted by molar-refractivity contribution is -0.115. The van der Waals surface area contributed by atoms with Crippen molar-refractivity contribution in [1.82, 2.24) is 20.2 Å². The van der Waals surface area contributed by atoms with E-state index in [9.17, 15) is 4.79 Å². The number of benzene rings is 1. The fraction of sp³-hybridized carbons (Fsp3) is 0.333. The summed E-state index contributed by atoms with van der Waals surface area (Å²) >= 11 is 0. The van der Waals surface area contributed by atoms with Gasteiger partial charge in [0.05, 0.1) is 12.2 Å². The SMILES string of the molecule is CCCOc1ccccc1C1C(C(N)=O)=C(C)Nc2nnnn21. The van der Waals surface area contributed by atoms with Gasteiger partial charge in [-0.15, -0.1) is 0 Å². The van der Waals surface area contributed by atoms with E-state index in [0.29, 0.717) is 29.6 Å². The summed E-state index contributed by atoms with van der Waals surface area (Å²) in [5, 5.41) is 14.6. The summed E-state index contributed by atoms with van der Waals surface area (Å²) in [5.74, 6) is 0.628. The van der Waals surface area contributed by atoms with Crippen molar-refractivity contribution in [3.8, 4) is 5.75 Å². The van der Waals surface area contributed by atoms with Crippen LogP contribution in [0, 0.1) is 0 Å². The molecule has 1 amide bonds. The average Bonchev–Trinajstić information content (AvgIpc) is 2.99. The number of nitrogens with one attached hydrogen (secondary N) is 1. The number of nitrogens with zero attached hydrogens (tertiary/aromatic N) is 4. The number of tetrazole rings is 1. The Morgan fingerprint density at radius 3 is 2.96 bits per heavy atom. The molecule has 1 aliphatic rings. The number of para-hydroxylation sites is 1. The Balaban J connectivity index is 2.15. The van der Waals surface area contributed by atoms with Crippen LogP contribution in [0.1, 0.15) is 31.9 Å². The molecule has 8 nitrogen and oxygen atoms in total. The molecule has 1 aliphatic heterocycles. The predicted octanol–water partition coefficient (Wildman–Crippen LogP) is 1.24. The molecule has 2 heterocycles. The zero-order chi connectivity index (χ0) is 16.4.